The molecule has 0 bridgehead atoms. The maximum absolute atomic E-state index is 11.3. The maximum atomic E-state index is 11.3. The summed E-state index contributed by atoms with van der Waals surface area (Å²) in [6.07, 6.45) is 4.29. The average Bonchev–Trinajstić information content (AvgIpc) is 2.38. The lowest BCUT2D eigenvalue weighted by Crippen LogP contribution is -2.48. The van der Waals surface area contributed by atoms with E-state index in [2.05, 4.69) is 9.88 Å². The van der Waals surface area contributed by atoms with Crippen LogP contribution in [-0.4, -0.2) is 28.6 Å². The number of carboxylic acid groups (broad SMARTS) is 1. The van der Waals surface area contributed by atoms with Gasteiger partial charge in [0, 0.05) is 18.8 Å². The van der Waals surface area contributed by atoms with Crippen molar-refractivity contribution in [3.05, 3.63) is 24.4 Å². The van der Waals surface area contributed by atoms with Gasteiger partial charge in [0.15, 0.2) is 0 Å². The van der Waals surface area contributed by atoms with Crippen molar-refractivity contribution in [2.75, 3.05) is 11.4 Å². The number of hydrogen-bond acceptors (Lipinski definition) is 3. The zero-order valence-electron chi connectivity index (χ0n) is 10.0. The summed E-state index contributed by atoms with van der Waals surface area (Å²) in [6.45, 7) is 2.95. The number of hydrogen-bond donors (Lipinski definition) is 1. The van der Waals surface area contributed by atoms with E-state index in [0.29, 0.717) is 0 Å². The molecule has 0 unspecified atom stereocenters. The van der Waals surface area contributed by atoms with E-state index in [1.165, 1.54) is 0 Å². The van der Waals surface area contributed by atoms with Crippen molar-refractivity contribution >= 4 is 11.8 Å². The topological polar surface area (TPSA) is 53.4 Å². The van der Waals surface area contributed by atoms with Crippen LogP contribution in [0, 0.1) is 5.92 Å². The summed E-state index contributed by atoms with van der Waals surface area (Å²) in [6, 6.07) is 5.84. The van der Waals surface area contributed by atoms with Crippen molar-refractivity contribution in [3.63, 3.8) is 0 Å². The van der Waals surface area contributed by atoms with Crippen molar-refractivity contribution < 1.29 is 9.90 Å². The van der Waals surface area contributed by atoms with Crippen LogP contribution < -0.4 is 4.90 Å². The van der Waals surface area contributed by atoms with Crippen molar-refractivity contribution in [2.24, 2.45) is 5.92 Å². The Morgan fingerprint density at radius 3 is 3.00 bits per heavy atom. The highest BCUT2D eigenvalue weighted by Crippen LogP contribution is 2.29. The molecule has 1 fully saturated rings. The molecule has 17 heavy (non-hydrogen) atoms. The average molecular weight is 234 g/mol. The molecule has 0 radical (unpaired) electrons. The minimum atomic E-state index is -0.683. The van der Waals surface area contributed by atoms with Crippen LogP contribution >= 0.6 is 0 Å². The lowest BCUT2D eigenvalue weighted by Gasteiger charge is -2.40. The molecule has 1 aliphatic rings. The van der Waals surface area contributed by atoms with E-state index in [9.17, 15) is 9.90 Å². The van der Waals surface area contributed by atoms with Crippen LogP contribution in [0.3, 0.4) is 0 Å². The molecule has 1 saturated heterocycles. The molecule has 1 aromatic heterocycles. The molecule has 1 aromatic rings. The maximum Gasteiger partial charge on any atom is 0.308 e. The fourth-order valence-corrected chi connectivity index (χ4v) is 2.66. The van der Waals surface area contributed by atoms with E-state index in [0.717, 1.165) is 31.6 Å². The first kappa shape index (κ1) is 11.9. The molecule has 1 N–H and O–H groups in total. The Bertz CT molecular complexity index is 380. The van der Waals surface area contributed by atoms with Gasteiger partial charge in [0.1, 0.15) is 5.82 Å². The number of aliphatic carboxylic acids is 1. The predicted molar refractivity (Wildman–Crippen MR) is 66.0 cm³/mol. The van der Waals surface area contributed by atoms with Gasteiger partial charge in [-0.1, -0.05) is 13.0 Å². The van der Waals surface area contributed by atoms with Gasteiger partial charge < -0.3 is 10.0 Å². The number of nitrogens with zero attached hydrogens (tertiary/aromatic N) is 2. The van der Waals surface area contributed by atoms with Crippen LogP contribution in [0.1, 0.15) is 26.2 Å². The summed E-state index contributed by atoms with van der Waals surface area (Å²) in [7, 11) is 0. The summed E-state index contributed by atoms with van der Waals surface area (Å²) >= 11 is 0. The molecule has 92 valence electrons. The van der Waals surface area contributed by atoms with Crippen LogP contribution in [0.5, 0.6) is 0 Å². The molecule has 0 saturated carbocycles. The molecule has 4 nitrogen and oxygen atoms in total. The van der Waals surface area contributed by atoms with E-state index in [-0.39, 0.29) is 12.0 Å². The molecule has 2 atom stereocenters. The highest BCUT2D eigenvalue weighted by Gasteiger charge is 2.35. The summed E-state index contributed by atoms with van der Waals surface area (Å²) in [5.74, 6) is -0.0569. The Hall–Kier alpha value is -1.58. The van der Waals surface area contributed by atoms with Crippen LogP contribution in [0.4, 0.5) is 5.82 Å². The van der Waals surface area contributed by atoms with E-state index in [1.807, 2.05) is 25.1 Å². The van der Waals surface area contributed by atoms with Gasteiger partial charge in [0.25, 0.3) is 0 Å². The molecule has 0 amide bonds. The van der Waals surface area contributed by atoms with Crippen LogP contribution in [0.25, 0.3) is 0 Å². The number of piperidine rings is 1. The molecule has 4 heteroatoms. The standard InChI is InChI=1S/C13H18N2O2/c1-2-11-10(13(16)17)6-5-9-15(11)12-7-3-4-8-14-12/h3-4,7-8,10-11H,2,5-6,9H2,1H3,(H,16,17)/t10-,11+/m0/s1. The number of carboxylic acids is 1. The fraction of sp³-hybridized carbons (Fsp3) is 0.538. The van der Waals surface area contributed by atoms with Gasteiger partial charge in [0.05, 0.1) is 5.92 Å². The molecule has 0 aliphatic carbocycles. The van der Waals surface area contributed by atoms with Gasteiger partial charge in [-0.15, -0.1) is 0 Å². The van der Waals surface area contributed by atoms with Gasteiger partial charge in [-0.05, 0) is 31.4 Å². The Morgan fingerprint density at radius 1 is 1.59 bits per heavy atom. The summed E-state index contributed by atoms with van der Waals surface area (Å²) in [5, 5.41) is 9.26. The largest absolute Gasteiger partial charge is 0.481 e. The second kappa shape index (κ2) is 5.17. The lowest BCUT2D eigenvalue weighted by atomic mass is 9.87. The first-order valence-electron chi connectivity index (χ1n) is 6.14. The quantitative estimate of drug-likeness (QED) is 0.870. The van der Waals surface area contributed by atoms with Gasteiger partial charge in [-0.2, -0.15) is 0 Å². The highest BCUT2D eigenvalue weighted by atomic mass is 16.4. The highest BCUT2D eigenvalue weighted by molar-refractivity contribution is 5.72. The molecular weight excluding hydrogens is 216 g/mol. The van der Waals surface area contributed by atoms with Gasteiger partial charge in [0.2, 0.25) is 0 Å². The normalized spacial score (nSPS) is 24.6. The fourth-order valence-electron chi connectivity index (χ4n) is 2.66. The minimum Gasteiger partial charge on any atom is -0.481 e. The smallest absolute Gasteiger partial charge is 0.308 e. The van der Waals surface area contributed by atoms with Crippen molar-refractivity contribution in [1.82, 2.24) is 4.98 Å². The minimum absolute atomic E-state index is 0.0659. The molecule has 2 rings (SSSR count). The van der Waals surface area contributed by atoms with Crippen molar-refractivity contribution in [2.45, 2.75) is 32.2 Å². The summed E-state index contributed by atoms with van der Waals surface area (Å²) < 4.78 is 0. The Kier molecular flexibility index (Phi) is 3.61. The third-order valence-corrected chi connectivity index (χ3v) is 3.46. The summed E-state index contributed by atoms with van der Waals surface area (Å²) in [4.78, 5) is 17.7. The summed E-state index contributed by atoms with van der Waals surface area (Å²) in [5.41, 5.74) is 0. The van der Waals surface area contributed by atoms with Crippen molar-refractivity contribution in [1.29, 1.82) is 0 Å². The SMILES string of the molecule is CC[C@@H]1[C@@H](C(=O)O)CCCN1c1ccccn1. The Labute approximate surface area is 101 Å². The van der Waals surface area contributed by atoms with Crippen LogP contribution in [0.2, 0.25) is 0 Å². The molecule has 2 heterocycles. The third kappa shape index (κ3) is 2.40. The number of rotatable bonds is 3. The van der Waals surface area contributed by atoms with E-state index in [1.54, 1.807) is 6.20 Å². The Morgan fingerprint density at radius 2 is 2.41 bits per heavy atom. The second-order valence-corrected chi connectivity index (χ2v) is 4.44. The van der Waals surface area contributed by atoms with Crippen LogP contribution in [0.15, 0.2) is 24.4 Å². The molecule has 0 spiro atoms. The second-order valence-electron chi connectivity index (χ2n) is 4.44. The molecular formula is C13H18N2O2. The Balaban J connectivity index is 2.24. The first-order chi connectivity index (χ1) is 8.24. The van der Waals surface area contributed by atoms with E-state index in [4.69, 9.17) is 0 Å². The number of carbonyl (C=O) groups is 1. The number of aromatic nitrogens is 1. The van der Waals surface area contributed by atoms with Crippen LogP contribution in [-0.2, 0) is 4.79 Å². The zero-order valence-corrected chi connectivity index (χ0v) is 10.0. The monoisotopic (exact) mass is 234 g/mol. The van der Waals surface area contributed by atoms with Gasteiger partial charge in [-0.3, -0.25) is 4.79 Å². The van der Waals surface area contributed by atoms with E-state index >= 15 is 0 Å². The van der Waals surface area contributed by atoms with E-state index < -0.39 is 5.97 Å². The number of pyridine rings is 1. The van der Waals surface area contributed by atoms with Gasteiger partial charge in [-0.25, -0.2) is 4.98 Å². The predicted octanol–water partition coefficient (Wildman–Crippen LogP) is 2.16. The third-order valence-electron chi connectivity index (χ3n) is 3.46. The van der Waals surface area contributed by atoms with Crippen molar-refractivity contribution in [3.8, 4) is 0 Å². The lowest BCUT2D eigenvalue weighted by molar-refractivity contribution is -0.143. The zero-order chi connectivity index (χ0) is 12.3. The first-order valence-corrected chi connectivity index (χ1v) is 6.14. The molecule has 0 aromatic carbocycles. The van der Waals surface area contributed by atoms with Gasteiger partial charge >= 0.3 is 5.97 Å². The molecule has 1 aliphatic heterocycles. The number of anilines is 1.